The van der Waals surface area contributed by atoms with E-state index in [1.165, 1.54) is 47.1 Å². The smallest absolute Gasteiger partial charge is 0.270 e. The quantitative estimate of drug-likeness (QED) is 0.341. The van der Waals surface area contributed by atoms with Gasteiger partial charge in [-0.2, -0.15) is 5.10 Å². The monoisotopic (exact) mass is 458 g/mol. The number of hydrogen-bond donors (Lipinski definition) is 1. The second-order valence-electron chi connectivity index (χ2n) is 7.65. The van der Waals surface area contributed by atoms with Crippen LogP contribution in [-0.4, -0.2) is 20.6 Å². The number of nitro benzene ring substituents is 1. The molecule has 0 bridgehead atoms. The van der Waals surface area contributed by atoms with E-state index in [2.05, 4.69) is 10.4 Å². The molecule has 34 heavy (non-hydrogen) atoms. The number of non-ortho nitro benzene ring substituents is 1. The predicted octanol–water partition coefficient (Wildman–Crippen LogP) is 4.82. The van der Waals surface area contributed by atoms with E-state index in [0.29, 0.717) is 11.3 Å². The van der Waals surface area contributed by atoms with Gasteiger partial charge in [0.15, 0.2) is 0 Å². The summed E-state index contributed by atoms with van der Waals surface area (Å²) in [5, 5.41) is 18.2. The third-order valence-electron chi connectivity index (χ3n) is 5.22. The topological polar surface area (TPSA) is 107 Å². The van der Waals surface area contributed by atoms with Crippen LogP contribution in [-0.2, 0) is 0 Å². The number of carbonyl (C=O) groups excluding carboxylic acids is 1. The molecule has 1 amide bonds. The van der Waals surface area contributed by atoms with Gasteiger partial charge in [0.1, 0.15) is 17.3 Å². The molecular formula is C25H19FN4O4. The number of halogens is 1. The summed E-state index contributed by atoms with van der Waals surface area (Å²) in [7, 11) is 0. The van der Waals surface area contributed by atoms with Crippen LogP contribution < -0.4 is 10.7 Å². The number of nitrogens with zero attached hydrogens (tertiary/aromatic N) is 3. The molecule has 0 aliphatic heterocycles. The van der Waals surface area contributed by atoms with Gasteiger partial charge in [0.25, 0.3) is 11.6 Å². The van der Waals surface area contributed by atoms with Crippen LogP contribution in [0.2, 0.25) is 0 Å². The van der Waals surface area contributed by atoms with E-state index in [4.69, 9.17) is 0 Å². The lowest BCUT2D eigenvalue weighted by atomic mass is 10.0. The molecule has 0 fully saturated rings. The van der Waals surface area contributed by atoms with Gasteiger partial charge in [0, 0.05) is 17.7 Å². The number of benzene rings is 3. The fourth-order valence-electron chi connectivity index (χ4n) is 3.45. The summed E-state index contributed by atoms with van der Waals surface area (Å²) in [4.78, 5) is 36.9. The van der Waals surface area contributed by atoms with Crippen molar-refractivity contribution < 1.29 is 14.1 Å². The maximum atomic E-state index is 13.6. The number of nitrogens with one attached hydrogen (secondary N) is 1. The summed E-state index contributed by atoms with van der Waals surface area (Å²) >= 11 is 0. The van der Waals surface area contributed by atoms with Gasteiger partial charge in [-0.25, -0.2) is 9.07 Å². The van der Waals surface area contributed by atoms with E-state index >= 15 is 0 Å². The lowest BCUT2D eigenvalue weighted by Gasteiger charge is -2.18. The van der Waals surface area contributed by atoms with Crippen LogP contribution in [0.5, 0.6) is 0 Å². The number of hydrogen-bond acceptors (Lipinski definition) is 5. The van der Waals surface area contributed by atoms with Gasteiger partial charge in [0.2, 0.25) is 5.43 Å². The Morgan fingerprint density at radius 1 is 1.03 bits per heavy atom. The fraction of sp³-hybridized carbons (Fsp3) is 0.0800. The Balaban J connectivity index is 1.93. The summed E-state index contributed by atoms with van der Waals surface area (Å²) < 4.78 is 14.9. The summed E-state index contributed by atoms with van der Waals surface area (Å²) in [5.74, 6) is -1.07. The zero-order valence-corrected chi connectivity index (χ0v) is 18.3. The van der Waals surface area contributed by atoms with Crippen molar-refractivity contribution in [2.24, 2.45) is 0 Å². The molecule has 0 saturated heterocycles. The molecule has 170 valence electrons. The number of aryl methyl sites for hydroxylation is 2. The average molecular weight is 458 g/mol. The lowest BCUT2D eigenvalue weighted by molar-refractivity contribution is -0.384. The van der Waals surface area contributed by atoms with E-state index in [0.717, 1.165) is 11.6 Å². The van der Waals surface area contributed by atoms with Crippen molar-refractivity contribution in [3.8, 4) is 16.8 Å². The highest BCUT2D eigenvalue weighted by Crippen LogP contribution is 2.28. The molecule has 0 atom stereocenters. The predicted molar refractivity (Wildman–Crippen MR) is 126 cm³/mol. The second kappa shape index (κ2) is 9.07. The van der Waals surface area contributed by atoms with Crippen LogP contribution in [0.25, 0.3) is 16.8 Å². The van der Waals surface area contributed by atoms with E-state index in [1.54, 1.807) is 19.1 Å². The molecule has 4 rings (SSSR count). The Labute approximate surface area is 193 Å². The minimum Gasteiger partial charge on any atom is -0.306 e. The van der Waals surface area contributed by atoms with Crippen LogP contribution in [0.4, 0.5) is 15.9 Å². The van der Waals surface area contributed by atoms with Crippen molar-refractivity contribution in [2.45, 2.75) is 13.8 Å². The first-order valence-electron chi connectivity index (χ1n) is 10.3. The molecule has 0 aliphatic rings. The Morgan fingerprint density at radius 3 is 2.35 bits per heavy atom. The average Bonchev–Trinajstić information content (AvgIpc) is 2.83. The van der Waals surface area contributed by atoms with Crippen molar-refractivity contribution >= 4 is 17.4 Å². The van der Waals surface area contributed by atoms with E-state index in [-0.39, 0.29) is 28.3 Å². The minimum absolute atomic E-state index is 0.0303. The van der Waals surface area contributed by atoms with Gasteiger partial charge in [-0.3, -0.25) is 19.7 Å². The fourth-order valence-corrected chi connectivity index (χ4v) is 3.45. The SMILES string of the molecule is Cc1ccc(-c2c(NC(=O)c3cccc([N+](=O)[O-])c3)n(-c3ccc(F)cc3)nc(C)c2=O)cc1. The molecule has 9 heteroatoms. The standard InChI is InChI=1S/C25H19FN4O4/c1-15-6-8-17(9-7-15)22-23(31)16(2)28-29(20-12-10-19(26)11-13-20)24(22)27-25(32)18-4-3-5-21(14-18)30(33)34/h3-14H,1-2H3,(H,27,32). The molecule has 8 nitrogen and oxygen atoms in total. The van der Waals surface area contributed by atoms with Crippen molar-refractivity contribution in [3.05, 3.63) is 116 Å². The first-order valence-corrected chi connectivity index (χ1v) is 10.3. The zero-order valence-electron chi connectivity index (χ0n) is 18.3. The maximum absolute atomic E-state index is 13.6. The molecule has 0 spiro atoms. The Hall–Kier alpha value is -4.66. The summed E-state index contributed by atoms with van der Waals surface area (Å²) in [6, 6.07) is 17.8. The number of amides is 1. The van der Waals surface area contributed by atoms with Crippen LogP contribution in [0, 0.1) is 29.8 Å². The van der Waals surface area contributed by atoms with Crippen LogP contribution in [0.1, 0.15) is 21.6 Å². The molecule has 0 radical (unpaired) electrons. The zero-order chi connectivity index (χ0) is 24.4. The number of anilines is 1. The highest BCUT2D eigenvalue weighted by molar-refractivity contribution is 6.06. The molecule has 1 aromatic heterocycles. The van der Waals surface area contributed by atoms with Gasteiger partial charge in [-0.1, -0.05) is 35.9 Å². The largest absolute Gasteiger partial charge is 0.306 e. The first-order chi connectivity index (χ1) is 16.2. The Morgan fingerprint density at radius 2 is 1.71 bits per heavy atom. The summed E-state index contributed by atoms with van der Waals surface area (Å²) in [5.41, 5.74) is 1.70. The van der Waals surface area contributed by atoms with Crippen LogP contribution in [0.3, 0.4) is 0 Å². The van der Waals surface area contributed by atoms with Crippen LogP contribution >= 0.6 is 0 Å². The minimum atomic E-state index is -0.669. The van der Waals surface area contributed by atoms with Gasteiger partial charge in [0.05, 0.1) is 16.2 Å². The van der Waals surface area contributed by atoms with Gasteiger partial charge < -0.3 is 5.32 Å². The molecule has 0 unspecified atom stereocenters. The summed E-state index contributed by atoms with van der Waals surface area (Å²) in [6.45, 7) is 3.45. The van der Waals surface area contributed by atoms with E-state index in [1.807, 2.05) is 19.1 Å². The maximum Gasteiger partial charge on any atom is 0.270 e. The molecular weight excluding hydrogens is 439 g/mol. The van der Waals surface area contributed by atoms with Crippen molar-refractivity contribution in [3.63, 3.8) is 0 Å². The highest BCUT2D eigenvalue weighted by atomic mass is 19.1. The van der Waals surface area contributed by atoms with Crippen molar-refractivity contribution in [1.82, 2.24) is 9.78 Å². The molecule has 3 aromatic carbocycles. The van der Waals surface area contributed by atoms with Crippen molar-refractivity contribution in [1.29, 1.82) is 0 Å². The lowest BCUT2D eigenvalue weighted by Crippen LogP contribution is -2.25. The van der Waals surface area contributed by atoms with Gasteiger partial charge in [-0.15, -0.1) is 0 Å². The van der Waals surface area contributed by atoms with E-state index < -0.39 is 22.1 Å². The second-order valence-corrected chi connectivity index (χ2v) is 7.65. The normalized spacial score (nSPS) is 10.7. The number of rotatable bonds is 5. The van der Waals surface area contributed by atoms with Gasteiger partial charge in [-0.05, 0) is 49.7 Å². The highest BCUT2D eigenvalue weighted by Gasteiger charge is 2.21. The summed E-state index contributed by atoms with van der Waals surface area (Å²) in [6.07, 6.45) is 0. The Bertz CT molecular complexity index is 1460. The molecule has 1 N–H and O–H groups in total. The van der Waals surface area contributed by atoms with E-state index in [9.17, 15) is 24.1 Å². The Kier molecular flexibility index (Phi) is 6.01. The first kappa shape index (κ1) is 22.5. The molecule has 0 saturated carbocycles. The number of nitro groups is 1. The van der Waals surface area contributed by atoms with Gasteiger partial charge >= 0.3 is 0 Å². The molecule has 4 aromatic rings. The molecule has 1 heterocycles. The van der Waals surface area contributed by atoms with Crippen molar-refractivity contribution in [2.75, 3.05) is 5.32 Å². The third-order valence-corrected chi connectivity index (χ3v) is 5.22. The third kappa shape index (κ3) is 4.44. The van der Waals surface area contributed by atoms with Crippen LogP contribution in [0.15, 0.2) is 77.6 Å². The number of carbonyl (C=O) groups is 1. The number of aromatic nitrogens is 2. The molecule has 0 aliphatic carbocycles.